The van der Waals surface area contributed by atoms with Crippen LogP contribution in [0.4, 0.5) is 0 Å². The summed E-state index contributed by atoms with van der Waals surface area (Å²) in [5.41, 5.74) is 2.26. The lowest BCUT2D eigenvalue weighted by Gasteiger charge is -2.36. The molecule has 1 atom stereocenters. The smallest absolute Gasteiger partial charge is 0.274 e. The summed E-state index contributed by atoms with van der Waals surface area (Å²) in [5.74, 6) is 1.14. The first-order valence-electron chi connectivity index (χ1n) is 10.2. The van der Waals surface area contributed by atoms with E-state index in [1.807, 2.05) is 58.8 Å². The predicted octanol–water partition coefficient (Wildman–Crippen LogP) is 3.71. The minimum absolute atomic E-state index is 0.0157. The molecule has 5 rings (SSSR count). The molecule has 8 nitrogen and oxygen atoms in total. The van der Waals surface area contributed by atoms with E-state index < -0.39 is 0 Å². The van der Waals surface area contributed by atoms with E-state index in [4.69, 9.17) is 4.52 Å². The van der Waals surface area contributed by atoms with Crippen molar-refractivity contribution in [1.29, 1.82) is 0 Å². The van der Waals surface area contributed by atoms with Gasteiger partial charge in [-0.1, -0.05) is 41.6 Å². The number of H-pyrrole nitrogens is 1. The van der Waals surface area contributed by atoms with Gasteiger partial charge in [-0.3, -0.25) is 14.8 Å². The molecule has 3 aromatic heterocycles. The first-order valence-corrected chi connectivity index (χ1v) is 11.1. The third-order valence-corrected chi connectivity index (χ3v) is 6.47. The quantitative estimate of drug-likeness (QED) is 0.515. The third kappa shape index (κ3) is 4.01. The van der Waals surface area contributed by atoms with E-state index in [0.29, 0.717) is 30.5 Å². The lowest BCUT2D eigenvalue weighted by atomic mass is 10.2. The zero-order valence-corrected chi connectivity index (χ0v) is 17.9. The third-order valence-electron chi connectivity index (χ3n) is 5.56. The van der Waals surface area contributed by atoms with E-state index in [1.165, 1.54) is 0 Å². The Morgan fingerprint density at radius 3 is 2.68 bits per heavy atom. The van der Waals surface area contributed by atoms with E-state index >= 15 is 0 Å². The number of nitrogens with one attached hydrogen (secondary N) is 1. The highest BCUT2D eigenvalue weighted by Crippen LogP contribution is 2.25. The fraction of sp³-hybridized carbons (Fsp3) is 0.273. The summed E-state index contributed by atoms with van der Waals surface area (Å²) in [4.78, 5) is 22.6. The lowest BCUT2D eigenvalue weighted by molar-refractivity contribution is 0.0546. The van der Waals surface area contributed by atoms with Crippen LogP contribution in [0.3, 0.4) is 0 Å². The molecule has 0 aliphatic carbocycles. The van der Waals surface area contributed by atoms with Crippen LogP contribution >= 0.6 is 11.3 Å². The molecule has 158 valence electrons. The van der Waals surface area contributed by atoms with E-state index in [0.717, 1.165) is 29.2 Å². The molecule has 1 amide bonds. The van der Waals surface area contributed by atoms with Gasteiger partial charge in [0.2, 0.25) is 11.7 Å². The van der Waals surface area contributed by atoms with Crippen LogP contribution in [0.5, 0.6) is 0 Å². The molecule has 1 fully saturated rings. The second-order valence-corrected chi connectivity index (χ2v) is 8.42. The summed E-state index contributed by atoms with van der Waals surface area (Å²) < 4.78 is 5.52. The van der Waals surface area contributed by atoms with E-state index in [9.17, 15) is 4.79 Å². The fourth-order valence-corrected chi connectivity index (χ4v) is 4.42. The van der Waals surface area contributed by atoms with Crippen LogP contribution in [-0.4, -0.2) is 62.2 Å². The molecule has 0 bridgehead atoms. The number of carbonyl (C=O) groups excluding carboxylic acids is 1. The van der Waals surface area contributed by atoms with Crippen molar-refractivity contribution in [3.63, 3.8) is 0 Å². The van der Waals surface area contributed by atoms with Gasteiger partial charge in [-0.15, -0.1) is 11.3 Å². The van der Waals surface area contributed by atoms with Crippen molar-refractivity contribution >= 4 is 17.2 Å². The van der Waals surface area contributed by atoms with Crippen molar-refractivity contribution in [2.75, 3.05) is 26.2 Å². The minimum Gasteiger partial charge on any atom is -0.337 e. The Morgan fingerprint density at radius 1 is 1.13 bits per heavy atom. The van der Waals surface area contributed by atoms with E-state index in [1.54, 1.807) is 11.3 Å². The maximum atomic E-state index is 12.9. The summed E-state index contributed by atoms with van der Waals surface area (Å²) in [7, 11) is 0. The van der Waals surface area contributed by atoms with E-state index in [2.05, 4.69) is 32.2 Å². The Kier molecular flexibility index (Phi) is 5.35. The SMILES string of the molecule is CC(c1nc(-c2ccccc2)no1)N1CCN(C(=O)c2cc(-c3cccs3)[nH]n2)CC1. The van der Waals surface area contributed by atoms with Gasteiger partial charge in [-0.2, -0.15) is 10.1 Å². The number of amides is 1. The molecule has 31 heavy (non-hydrogen) atoms. The molecule has 1 unspecified atom stereocenters. The number of hydrogen-bond donors (Lipinski definition) is 1. The number of nitrogens with zero attached hydrogens (tertiary/aromatic N) is 5. The van der Waals surface area contributed by atoms with Gasteiger partial charge in [-0.25, -0.2) is 0 Å². The van der Waals surface area contributed by atoms with Crippen LogP contribution in [0.2, 0.25) is 0 Å². The Bertz CT molecular complexity index is 1150. The Morgan fingerprint density at radius 2 is 1.94 bits per heavy atom. The largest absolute Gasteiger partial charge is 0.337 e. The van der Waals surface area contributed by atoms with Crippen molar-refractivity contribution in [3.8, 4) is 22.0 Å². The van der Waals surface area contributed by atoms with Crippen LogP contribution in [0.25, 0.3) is 22.0 Å². The summed E-state index contributed by atoms with van der Waals surface area (Å²) >= 11 is 1.62. The predicted molar refractivity (Wildman–Crippen MR) is 118 cm³/mol. The molecular formula is C22H22N6O2S. The van der Waals surface area contributed by atoms with Gasteiger partial charge < -0.3 is 9.42 Å². The number of aromatic amines is 1. The molecule has 4 aromatic rings. The molecule has 1 N–H and O–H groups in total. The van der Waals surface area contributed by atoms with E-state index in [-0.39, 0.29) is 11.9 Å². The van der Waals surface area contributed by atoms with Crippen molar-refractivity contribution in [2.24, 2.45) is 0 Å². The average Bonchev–Trinajstić information content (AvgIpc) is 3.60. The Hall–Kier alpha value is -3.30. The molecule has 1 aromatic carbocycles. The minimum atomic E-state index is -0.0458. The highest BCUT2D eigenvalue weighted by atomic mass is 32.1. The molecule has 0 radical (unpaired) electrons. The lowest BCUT2D eigenvalue weighted by Crippen LogP contribution is -2.49. The standard InChI is InChI=1S/C22H22N6O2S/c1-15(21-23-20(26-30-21)16-6-3-2-4-7-16)27-9-11-28(12-10-27)22(29)18-14-17(24-25-18)19-8-5-13-31-19/h2-8,13-15H,9-12H2,1H3,(H,24,25). The molecule has 0 spiro atoms. The van der Waals surface area contributed by atoms with Crippen molar-refractivity contribution in [1.82, 2.24) is 30.1 Å². The number of carbonyl (C=O) groups is 1. The summed E-state index contributed by atoms with van der Waals surface area (Å²) in [5, 5.41) is 13.3. The first kappa shape index (κ1) is 19.7. The number of benzene rings is 1. The molecule has 4 heterocycles. The van der Waals surface area contributed by atoms with Gasteiger partial charge >= 0.3 is 0 Å². The van der Waals surface area contributed by atoms with Gasteiger partial charge in [0.1, 0.15) is 0 Å². The number of rotatable bonds is 5. The van der Waals surface area contributed by atoms with Gasteiger partial charge in [0.05, 0.1) is 16.6 Å². The maximum absolute atomic E-state index is 12.9. The molecule has 1 aliphatic heterocycles. The average molecular weight is 435 g/mol. The normalized spacial score (nSPS) is 15.8. The zero-order chi connectivity index (χ0) is 21.2. The number of piperazine rings is 1. The molecule has 0 saturated carbocycles. The Balaban J connectivity index is 1.20. The first-order chi connectivity index (χ1) is 15.2. The van der Waals surface area contributed by atoms with Crippen molar-refractivity contribution in [3.05, 3.63) is 65.5 Å². The second kappa shape index (κ2) is 8.44. The fourth-order valence-electron chi connectivity index (χ4n) is 3.73. The molecule has 9 heteroatoms. The topological polar surface area (TPSA) is 91.2 Å². The van der Waals surface area contributed by atoms with Crippen LogP contribution in [0.15, 0.2) is 58.4 Å². The van der Waals surface area contributed by atoms with Gasteiger partial charge in [0.25, 0.3) is 5.91 Å². The molecule has 1 saturated heterocycles. The highest BCUT2D eigenvalue weighted by molar-refractivity contribution is 7.13. The van der Waals surface area contributed by atoms with Crippen LogP contribution in [-0.2, 0) is 0 Å². The zero-order valence-electron chi connectivity index (χ0n) is 17.1. The number of hydrogen-bond acceptors (Lipinski definition) is 7. The van der Waals surface area contributed by atoms with Crippen LogP contribution in [0, 0.1) is 0 Å². The highest BCUT2D eigenvalue weighted by Gasteiger charge is 2.29. The monoisotopic (exact) mass is 434 g/mol. The second-order valence-electron chi connectivity index (χ2n) is 7.47. The summed E-state index contributed by atoms with van der Waals surface area (Å²) in [6, 6.07) is 15.6. The van der Waals surface area contributed by atoms with Crippen LogP contribution in [0.1, 0.15) is 29.3 Å². The maximum Gasteiger partial charge on any atom is 0.274 e. The van der Waals surface area contributed by atoms with Crippen molar-refractivity contribution < 1.29 is 9.32 Å². The summed E-state index contributed by atoms with van der Waals surface area (Å²) in [6.45, 7) is 4.78. The van der Waals surface area contributed by atoms with Gasteiger partial charge in [0, 0.05) is 31.7 Å². The Labute approximate surface area is 183 Å². The summed E-state index contributed by atoms with van der Waals surface area (Å²) in [6.07, 6.45) is 0. The van der Waals surface area contributed by atoms with Gasteiger partial charge in [-0.05, 0) is 24.4 Å². The number of thiophene rings is 1. The molecular weight excluding hydrogens is 412 g/mol. The van der Waals surface area contributed by atoms with Crippen LogP contribution < -0.4 is 0 Å². The molecule has 1 aliphatic rings. The number of aromatic nitrogens is 4. The van der Waals surface area contributed by atoms with Gasteiger partial charge in [0.15, 0.2) is 5.69 Å². The van der Waals surface area contributed by atoms with Crippen molar-refractivity contribution in [2.45, 2.75) is 13.0 Å².